The molecule has 1 aromatic rings. The highest BCUT2D eigenvalue weighted by molar-refractivity contribution is 4.97. The van der Waals surface area contributed by atoms with Crippen LogP contribution in [0.2, 0.25) is 0 Å². The van der Waals surface area contributed by atoms with Crippen LogP contribution in [-0.2, 0) is 17.8 Å². The number of hydrogen-bond donors (Lipinski definition) is 1. The van der Waals surface area contributed by atoms with Crippen LogP contribution in [-0.4, -0.2) is 53.3 Å². The van der Waals surface area contributed by atoms with Crippen LogP contribution in [0, 0.1) is 0 Å². The Morgan fingerprint density at radius 3 is 2.94 bits per heavy atom. The fourth-order valence-electron chi connectivity index (χ4n) is 2.44. The van der Waals surface area contributed by atoms with Gasteiger partial charge in [-0.3, -0.25) is 4.90 Å². The Hall–Kier alpha value is -0.910. The van der Waals surface area contributed by atoms with E-state index in [0.29, 0.717) is 6.04 Å². The van der Waals surface area contributed by atoms with Gasteiger partial charge in [0.2, 0.25) is 0 Å². The Bertz CT molecular complexity index is 388. The highest BCUT2D eigenvalue weighted by Gasteiger charge is 2.30. The first-order valence-electron chi connectivity index (χ1n) is 6.51. The lowest BCUT2D eigenvalue weighted by Gasteiger charge is -2.38. The maximum absolute atomic E-state index is 5.58. The third kappa shape index (κ3) is 2.74. The fourth-order valence-corrected chi connectivity index (χ4v) is 2.44. The van der Waals surface area contributed by atoms with Crippen LogP contribution in [0.15, 0.2) is 12.4 Å². The molecule has 2 heterocycles. The van der Waals surface area contributed by atoms with E-state index in [9.17, 15) is 0 Å². The monoisotopic (exact) mass is 252 g/mol. The van der Waals surface area contributed by atoms with Gasteiger partial charge in [-0.2, -0.15) is 0 Å². The maximum atomic E-state index is 5.58. The number of likely N-dealkylation sites (N-methyl/N-ethyl adjacent to an activating group) is 1. The molecule has 5 nitrogen and oxygen atoms in total. The molecule has 0 saturated heterocycles. The Morgan fingerprint density at radius 2 is 2.28 bits per heavy atom. The molecule has 2 rings (SSSR count). The van der Waals surface area contributed by atoms with E-state index in [1.807, 2.05) is 13.2 Å². The number of ether oxygens (including phenoxy) is 1. The molecule has 1 aliphatic rings. The number of imidazole rings is 1. The predicted molar refractivity (Wildman–Crippen MR) is 71.4 cm³/mol. The minimum absolute atomic E-state index is 0.165. The zero-order valence-corrected chi connectivity index (χ0v) is 11.8. The second kappa shape index (κ2) is 5.38. The van der Waals surface area contributed by atoms with Crippen LogP contribution < -0.4 is 5.32 Å². The molecule has 0 aliphatic carbocycles. The van der Waals surface area contributed by atoms with Crippen LogP contribution >= 0.6 is 0 Å². The maximum Gasteiger partial charge on any atom is 0.122 e. The second-order valence-corrected chi connectivity index (χ2v) is 5.42. The smallest absolute Gasteiger partial charge is 0.122 e. The van der Waals surface area contributed by atoms with Gasteiger partial charge in [-0.1, -0.05) is 0 Å². The van der Waals surface area contributed by atoms with Gasteiger partial charge in [0.1, 0.15) is 5.82 Å². The first kappa shape index (κ1) is 13.5. The van der Waals surface area contributed by atoms with Crippen molar-refractivity contribution in [3.8, 4) is 0 Å². The summed E-state index contributed by atoms with van der Waals surface area (Å²) in [5, 5.41) is 3.36. The molecule has 0 amide bonds. The highest BCUT2D eigenvalue weighted by Crippen LogP contribution is 2.17. The van der Waals surface area contributed by atoms with Crippen LogP contribution in [0.5, 0.6) is 0 Å². The SMILES string of the molecule is CNC(CN1CCn2ccnc2C1)C(C)(C)OC. The molecule has 1 atom stereocenters. The molecule has 0 bridgehead atoms. The van der Waals surface area contributed by atoms with Gasteiger partial charge < -0.3 is 14.6 Å². The van der Waals surface area contributed by atoms with Crippen molar-refractivity contribution in [2.24, 2.45) is 0 Å². The molecular formula is C13H24N4O. The molecule has 18 heavy (non-hydrogen) atoms. The molecule has 1 N–H and O–H groups in total. The minimum Gasteiger partial charge on any atom is -0.377 e. The Kier molecular flexibility index (Phi) is 4.04. The number of nitrogens with zero attached hydrogens (tertiary/aromatic N) is 3. The summed E-state index contributed by atoms with van der Waals surface area (Å²) in [6, 6.07) is 0.309. The van der Waals surface area contributed by atoms with Crippen molar-refractivity contribution in [2.45, 2.75) is 38.6 Å². The zero-order chi connectivity index (χ0) is 13.2. The molecular weight excluding hydrogens is 228 g/mol. The van der Waals surface area contributed by atoms with E-state index < -0.39 is 0 Å². The van der Waals surface area contributed by atoms with Gasteiger partial charge in [-0.05, 0) is 20.9 Å². The van der Waals surface area contributed by atoms with Crippen molar-refractivity contribution in [3.05, 3.63) is 18.2 Å². The normalized spacial score (nSPS) is 18.7. The summed E-state index contributed by atoms with van der Waals surface area (Å²) in [6.07, 6.45) is 3.94. The van der Waals surface area contributed by atoms with Crippen LogP contribution in [0.25, 0.3) is 0 Å². The summed E-state index contributed by atoms with van der Waals surface area (Å²) in [6.45, 7) is 8.24. The number of hydrogen-bond acceptors (Lipinski definition) is 4. The number of aromatic nitrogens is 2. The van der Waals surface area contributed by atoms with Gasteiger partial charge in [0.15, 0.2) is 0 Å². The summed E-state index contributed by atoms with van der Waals surface area (Å²) < 4.78 is 7.81. The molecule has 5 heteroatoms. The molecule has 0 radical (unpaired) electrons. The lowest BCUT2D eigenvalue weighted by atomic mass is 9.98. The third-order valence-corrected chi connectivity index (χ3v) is 3.98. The molecule has 0 fully saturated rings. The van der Waals surface area contributed by atoms with Crippen molar-refractivity contribution in [1.29, 1.82) is 0 Å². The van der Waals surface area contributed by atoms with Gasteiger partial charge in [-0.25, -0.2) is 4.98 Å². The largest absolute Gasteiger partial charge is 0.377 e. The van der Waals surface area contributed by atoms with Crippen LogP contribution in [0.4, 0.5) is 0 Å². The molecule has 1 aliphatic heterocycles. The van der Waals surface area contributed by atoms with Crippen molar-refractivity contribution < 1.29 is 4.74 Å². The summed E-state index contributed by atoms with van der Waals surface area (Å²) >= 11 is 0. The molecule has 0 saturated carbocycles. The van der Waals surface area contributed by atoms with E-state index in [2.05, 4.69) is 39.8 Å². The first-order valence-corrected chi connectivity index (χ1v) is 6.51. The average molecular weight is 252 g/mol. The average Bonchev–Trinajstić information content (AvgIpc) is 2.83. The lowest BCUT2D eigenvalue weighted by molar-refractivity contribution is -0.0200. The van der Waals surface area contributed by atoms with Gasteiger partial charge >= 0.3 is 0 Å². The van der Waals surface area contributed by atoms with Crippen molar-refractivity contribution in [3.63, 3.8) is 0 Å². The van der Waals surface area contributed by atoms with Crippen molar-refractivity contribution >= 4 is 0 Å². The highest BCUT2D eigenvalue weighted by atomic mass is 16.5. The van der Waals surface area contributed by atoms with Crippen molar-refractivity contribution in [1.82, 2.24) is 19.8 Å². The van der Waals surface area contributed by atoms with Gasteiger partial charge in [-0.15, -0.1) is 0 Å². The molecule has 1 aromatic heterocycles. The van der Waals surface area contributed by atoms with Gasteiger partial charge in [0, 0.05) is 45.2 Å². The van der Waals surface area contributed by atoms with E-state index >= 15 is 0 Å². The van der Waals surface area contributed by atoms with Crippen LogP contribution in [0.3, 0.4) is 0 Å². The quantitative estimate of drug-likeness (QED) is 0.838. The Morgan fingerprint density at radius 1 is 1.50 bits per heavy atom. The van der Waals surface area contributed by atoms with E-state index in [4.69, 9.17) is 4.74 Å². The van der Waals surface area contributed by atoms with Gasteiger partial charge in [0.25, 0.3) is 0 Å². The van der Waals surface area contributed by atoms with E-state index in [-0.39, 0.29) is 5.60 Å². The first-order chi connectivity index (χ1) is 8.56. The topological polar surface area (TPSA) is 42.3 Å². The van der Waals surface area contributed by atoms with Crippen LogP contribution in [0.1, 0.15) is 19.7 Å². The number of nitrogens with one attached hydrogen (secondary N) is 1. The minimum atomic E-state index is -0.165. The molecule has 0 spiro atoms. The molecule has 102 valence electrons. The Balaban J connectivity index is 1.98. The summed E-state index contributed by atoms with van der Waals surface area (Å²) in [7, 11) is 3.77. The predicted octanol–water partition coefficient (Wildman–Crippen LogP) is 0.712. The lowest BCUT2D eigenvalue weighted by Crippen LogP contribution is -2.54. The summed E-state index contributed by atoms with van der Waals surface area (Å²) in [5.41, 5.74) is -0.165. The number of methoxy groups -OCH3 is 1. The van der Waals surface area contributed by atoms with E-state index in [1.54, 1.807) is 7.11 Å². The van der Waals surface area contributed by atoms with Gasteiger partial charge in [0.05, 0.1) is 12.1 Å². The van der Waals surface area contributed by atoms with Crippen molar-refractivity contribution in [2.75, 3.05) is 27.2 Å². The molecule has 1 unspecified atom stereocenters. The van der Waals surface area contributed by atoms with E-state index in [0.717, 1.165) is 32.0 Å². The number of rotatable bonds is 5. The summed E-state index contributed by atoms with van der Waals surface area (Å²) in [4.78, 5) is 6.83. The number of fused-ring (bicyclic) bond motifs is 1. The van der Waals surface area contributed by atoms with E-state index in [1.165, 1.54) is 0 Å². The molecule has 0 aromatic carbocycles. The second-order valence-electron chi connectivity index (χ2n) is 5.42. The zero-order valence-electron chi connectivity index (χ0n) is 11.8. The standard InChI is InChI=1S/C13H24N4O/c1-13(2,18-4)11(14-3)9-16-7-8-17-6-5-15-12(17)10-16/h5-6,11,14H,7-10H2,1-4H3. The third-order valence-electron chi connectivity index (χ3n) is 3.98. The summed E-state index contributed by atoms with van der Waals surface area (Å²) in [5.74, 6) is 1.16. The Labute approximate surface area is 109 Å². The fraction of sp³-hybridized carbons (Fsp3) is 0.769.